The summed E-state index contributed by atoms with van der Waals surface area (Å²) in [7, 11) is 0. The van der Waals surface area contributed by atoms with Crippen molar-refractivity contribution in [3.8, 4) is 22.6 Å². The summed E-state index contributed by atoms with van der Waals surface area (Å²) in [5.74, 6) is 1.75. The second kappa shape index (κ2) is 5.36. The normalized spacial score (nSPS) is 15.5. The summed E-state index contributed by atoms with van der Waals surface area (Å²) in [5, 5.41) is -0.0102. The van der Waals surface area contributed by atoms with Crippen LogP contribution in [0.5, 0.6) is 11.5 Å². The predicted octanol–water partition coefficient (Wildman–Crippen LogP) is 5.37. The number of aryl methyl sites for hydroxylation is 1. The third kappa shape index (κ3) is 2.28. The summed E-state index contributed by atoms with van der Waals surface area (Å²) >= 11 is 4.88. The Morgan fingerprint density at radius 2 is 1.74 bits per heavy atom. The molecule has 2 N–H and O–H groups in total. The highest BCUT2D eigenvalue weighted by Crippen LogP contribution is 2.49. The van der Waals surface area contributed by atoms with E-state index in [-0.39, 0.29) is 5.25 Å². The monoisotopic (exact) mass is 319 g/mol. The van der Waals surface area contributed by atoms with Crippen molar-refractivity contribution in [2.24, 2.45) is 0 Å². The van der Waals surface area contributed by atoms with Crippen molar-refractivity contribution >= 4 is 18.3 Å². The van der Waals surface area contributed by atoms with Gasteiger partial charge < -0.3 is 10.5 Å². The molecular formula is C20H17NOS. The standard InChI is InChI=1S/C20H17NOS/c1-12-11-13(9-10-16(12)21)14-6-4-8-18-19(14)20(23)15-5-2-3-7-17(15)22-18/h2-11,20,23H,21H2,1H3. The van der Waals surface area contributed by atoms with Gasteiger partial charge in [0.1, 0.15) is 11.5 Å². The lowest BCUT2D eigenvalue weighted by Crippen LogP contribution is -2.07. The smallest absolute Gasteiger partial charge is 0.132 e. The Morgan fingerprint density at radius 1 is 0.957 bits per heavy atom. The third-order valence-corrected chi connectivity index (χ3v) is 4.89. The average Bonchev–Trinajstić information content (AvgIpc) is 2.57. The first-order valence-corrected chi connectivity index (χ1v) is 8.11. The van der Waals surface area contributed by atoms with Crippen molar-refractivity contribution in [2.45, 2.75) is 12.2 Å². The van der Waals surface area contributed by atoms with Gasteiger partial charge in [-0.05, 0) is 47.9 Å². The van der Waals surface area contributed by atoms with Crippen molar-refractivity contribution in [3.63, 3.8) is 0 Å². The molecule has 1 unspecified atom stereocenters. The van der Waals surface area contributed by atoms with Gasteiger partial charge in [0.15, 0.2) is 0 Å². The number of nitrogen functional groups attached to an aromatic ring is 1. The van der Waals surface area contributed by atoms with Gasteiger partial charge >= 0.3 is 0 Å². The van der Waals surface area contributed by atoms with Crippen molar-refractivity contribution in [1.82, 2.24) is 0 Å². The summed E-state index contributed by atoms with van der Waals surface area (Å²) in [6, 6.07) is 20.3. The van der Waals surface area contributed by atoms with Crippen LogP contribution in [0.25, 0.3) is 11.1 Å². The Balaban J connectivity index is 1.91. The zero-order valence-electron chi connectivity index (χ0n) is 12.8. The second-order valence-electron chi connectivity index (χ2n) is 5.83. The lowest BCUT2D eigenvalue weighted by molar-refractivity contribution is 0.459. The molecular weight excluding hydrogens is 302 g/mol. The fourth-order valence-electron chi connectivity index (χ4n) is 3.08. The predicted molar refractivity (Wildman–Crippen MR) is 98.4 cm³/mol. The summed E-state index contributed by atoms with van der Waals surface area (Å²) in [6.07, 6.45) is 0. The number of hydrogen-bond donors (Lipinski definition) is 2. The summed E-state index contributed by atoms with van der Waals surface area (Å²) in [5.41, 5.74) is 12.3. The molecule has 114 valence electrons. The van der Waals surface area contributed by atoms with E-state index in [1.54, 1.807) is 0 Å². The van der Waals surface area contributed by atoms with E-state index >= 15 is 0 Å². The summed E-state index contributed by atoms with van der Waals surface area (Å²) < 4.78 is 6.09. The van der Waals surface area contributed by atoms with E-state index in [0.29, 0.717) is 0 Å². The molecule has 0 aromatic heterocycles. The molecule has 4 rings (SSSR count). The Labute approximate surface area is 141 Å². The minimum absolute atomic E-state index is 0.0102. The zero-order chi connectivity index (χ0) is 16.0. The topological polar surface area (TPSA) is 35.2 Å². The molecule has 3 aromatic rings. The van der Waals surface area contributed by atoms with Crippen molar-refractivity contribution in [3.05, 3.63) is 77.4 Å². The fraction of sp³-hybridized carbons (Fsp3) is 0.100. The average molecular weight is 319 g/mol. The van der Waals surface area contributed by atoms with Crippen LogP contribution >= 0.6 is 12.6 Å². The van der Waals surface area contributed by atoms with Crippen molar-refractivity contribution in [2.75, 3.05) is 5.73 Å². The van der Waals surface area contributed by atoms with Crippen LogP contribution < -0.4 is 10.5 Å². The van der Waals surface area contributed by atoms with Crippen LogP contribution in [0.2, 0.25) is 0 Å². The number of hydrogen-bond acceptors (Lipinski definition) is 3. The number of para-hydroxylation sites is 1. The SMILES string of the molecule is Cc1cc(-c2cccc3c2C(S)c2ccccc2O3)ccc1N. The van der Waals surface area contributed by atoms with Gasteiger partial charge in [0, 0.05) is 16.8 Å². The molecule has 0 spiro atoms. The van der Waals surface area contributed by atoms with Crippen LogP contribution in [0.4, 0.5) is 5.69 Å². The molecule has 2 nitrogen and oxygen atoms in total. The number of nitrogens with two attached hydrogens (primary N) is 1. The molecule has 0 fully saturated rings. The molecule has 0 radical (unpaired) electrons. The first-order chi connectivity index (χ1) is 11.1. The van der Waals surface area contributed by atoms with Gasteiger partial charge in [-0.3, -0.25) is 0 Å². The largest absolute Gasteiger partial charge is 0.457 e. The number of thiol groups is 1. The van der Waals surface area contributed by atoms with Gasteiger partial charge in [0.25, 0.3) is 0 Å². The second-order valence-corrected chi connectivity index (χ2v) is 6.35. The molecule has 1 aliphatic rings. The third-order valence-electron chi connectivity index (χ3n) is 4.35. The van der Waals surface area contributed by atoms with Crippen LogP contribution in [-0.2, 0) is 0 Å². The Morgan fingerprint density at radius 3 is 2.57 bits per heavy atom. The van der Waals surface area contributed by atoms with Crippen molar-refractivity contribution < 1.29 is 4.74 Å². The highest BCUT2D eigenvalue weighted by molar-refractivity contribution is 7.80. The molecule has 0 saturated carbocycles. The van der Waals surface area contributed by atoms with E-state index in [4.69, 9.17) is 23.1 Å². The highest BCUT2D eigenvalue weighted by atomic mass is 32.1. The van der Waals surface area contributed by atoms with E-state index in [1.807, 2.05) is 43.3 Å². The minimum Gasteiger partial charge on any atom is -0.457 e. The quantitative estimate of drug-likeness (QED) is 0.467. The van der Waals surface area contributed by atoms with Gasteiger partial charge in [-0.15, -0.1) is 0 Å². The molecule has 3 heteroatoms. The molecule has 0 saturated heterocycles. The fourth-order valence-corrected chi connectivity index (χ4v) is 3.56. The maximum atomic E-state index is 6.09. The Hall–Kier alpha value is -2.39. The van der Waals surface area contributed by atoms with Crippen LogP contribution in [0, 0.1) is 6.92 Å². The molecule has 1 aliphatic heterocycles. The van der Waals surface area contributed by atoms with E-state index in [0.717, 1.165) is 45.0 Å². The van der Waals surface area contributed by atoms with Crippen molar-refractivity contribution in [1.29, 1.82) is 0 Å². The molecule has 0 amide bonds. The number of anilines is 1. The Bertz CT molecular complexity index is 904. The molecule has 1 heterocycles. The lowest BCUT2D eigenvalue weighted by Gasteiger charge is -2.27. The van der Waals surface area contributed by atoms with Crippen LogP contribution in [0.1, 0.15) is 21.9 Å². The highest BCUT2D eigenvalue weighted by Gasteiger charge is 2.27. The number of fused-ring (bicyclic) bond motifs is 2. The minimum atomic E-state index is -0.0102. The van der Waals surface area contributed by atoms with Crippen LogP contribution in [0.15, 0.2) is 60.7 Å². The number of ether oxygens (including phenoxy) is 1. The first kappa shape index (κ1) is 14.2. The summed E-state index contributed by atoms with van der Waals surface area (Å²) in [6.45, 7) is 2.03. The van der Waals surface area contributed by atoms with Gasteiger partial charge in [-0.1, -0.05) is 36.4 Å². The van der Waals surface area contributed by atoms with E-state index in [9.17, 15) is 0 Å². The molecule has 0 aliphatic carbocycles. The van der Waals surface area contributed by atoms with Gasteiger partial charge in [0.05, 0.1) is 5.25 Å². The van der Waals surface area contributed by atoms with E-state index in [1.165, 1.54) is 0 Å². The molecule has 1 atom stereocenters. The zero-order valence-corrected chi connectivity index (χ0v) is 13.7. The lowest BCUT2D eigenvalue weighted by atomic mass is 9.91. The maximum Gasteiger partial charge on any atom is 0.132 e. The maximum absolute atomic E-state index is 6.09. The van der Waals surface area contributed by atoms with Crippen LogP contribution in [0.3, 0.4) is 0 Å². The molecule has 23 heavy (non-hydrogen) atoms. The Kier molecular flexibility index (Phi) is 3.31. The van der Waals surface area contributed by atoms with E-state index in [2.05, 4.69) is 24.3 Å². The molecule has 0 bridgehead atoms. The van der Waals surface area contributed by atoms with Gasteiger partial charge in [-0.2, -0.15) is 12.6 Å². The first-order valence-electron chi connectivity index (χ1n) is 7.59. The van der Waals surface area contributed by atoms with Gasteiger partial charge in [0.2, 0.25) is 0 Å². The number of benzene rings is 3. The molecule has 3 aromatic carbocycles. The van der Waals surface area contributed by atoms with E-state index < -0.39 is 0 Å². The van der Waals surface area contributed by atoms with Crippen LogP contribution in [-0.4, -0.2) is 0 Å². The number of rotatable bonds is 1. The summed E-state index contributed by atoms with van der Waals surface area (Å²) in [4.78, 5) is 0. The van der Waals surface area contributed by atoms with Gasteiger partial charge in [-0.25, -0.2) is 0 Å².